The first-order valence-electron chi connectivity index (χ1n) is 7.78. The topological polar surface area (TPSA) is 59.8 Å². The summed E-state index contributed by atoms with van der Waals surface area (Å²) in [7, 11) is 0. The molecule has 0 radical (unpaired) electrons. The Morgan fingerprint density at radius 2 is 1.92 bits per heavy atom. The average molecular weight is 373 g/mol. The van der Waals surface area contributed by atoms with Crippen molar-refractivity contribution < 1.29 is 4.79 Å². The molecule has 2 aromatic carbocycles. The van der Waals surface area contributed by atoms with Gasteiger partial charge in [-0.2, -0.15) is 0 Å². The van der Waals surface area contributed by atoms with Gasteiger partial charge in [-0.3, -0.25) is 4.79 Å². The third-order valence-corrected chi connectivity index (χ3v) is 4.74. The zero-order valence-electron chi connectivity index (χ0n) is 13.6. The van der Waals surface area contributed by atoms with Crippen LogP contribution in [-0.4, -0.2) is 25.9 Å². The van der Waals surface area contributed by atoms with Gasteiger partial charge in [0.05, 0.1) is 10.9 Å². The summed E-state index contributed by atoms with van der Waals surface area (Å²) in [6.07, 6.45) is 1.65. The molecule has 0 saturated carbocycles. The summed E-state index contributed by atoms with van der Waals surface area (Å²) in [6, 6.07) is 17.1. The van der Waals surface area contributed by atoms with Crippen LogP contribution in [-0.2, 0) is 11.3 Å². The highest BCUT2D eigenvalue weighted by Crippen LogP contribution is 2.20. The molecule has 7 heteroatoms. The van der Waals surface area contributed by atoms with Gasteiger partial charge in [0, 0.05) is 11.6 Å². The minimum absolute atomic E-state index is 0.0592. The van der Waals surface area contributed by atoms with E-state index in [1.165, 1.54) is 11.8 Å². The predicted molar refractivity (Wildman–Crippen MR) is 100.0 cm³/mol. The normalized spacial score (nSPS) is 11.9. The summed E-state index contributed by atoms with van der Waals surface area (Å²) in [5.74, 6) is -0.0592. The third-order valence-electron chi connectivity index (χ3n) is 3.52. The highest BCUT2D eigenvalue weighted by Gasteiger charge is 2.16. The number of halogens is 1. The van der Waals surface area contributed by atoms with Crippen molar-refractivity contribution in [3.8, 4) is 5.69 Å². The lowest BCUT2D eigenvalue weighted by atomic mass is 10.2. The number of rotatable bonds is 6. The number of hydrogen-bond acceptors (Lipinski definition) is 4. The van der Waals surface area contributed by atoms with E-state index < -0.39 is 0 Å². The number of benzene rings is 2. The number of amides is 1. The highest BCUT2D eigenvalue weighted by molar-refractivity contribution is 8.00. The van der Waals surface area contributed by atoms with Crippen molar-refractivity contribution in [1.29, 1.82) is 0 Å². The fourth-order valence-corrected chi connectivity index (χ4v) is 3.03. The van der Waals surface area contributed by atoms with Crippen molar-refractivity contribution in [2.45, 2.75) is 23.9 Å². The molecular weight excluding hydrogens is 356 g/mol. The van der Waals surface area contributed by atoms with E-state index in [1.54, 1.807) is 23.1 Å². The zero-order valence-corrected chi connectivity index (χ0v) is 15.2. The molecule has 128 valence electrons. The first-order chi connectivity index (χ1) is 12.1. The Bertz CT molecular complexity index is 836. The lowest BCUT2D eigenvalue weighted by Gasteiger charge is -2.10. The molecule has 5 nitrogen and oxygen atoms in total. The van der Waals surface area contributed by atoms with Crippen molar-refractivity contribution in [3.05, 3.63) is 71.5 Å². The van der Waals surface area contributed by atoms with Gasteiger partial charge in [0.2, 0.25) is 11.1 Å². The summed E-state index contributed by atoms with van der Waals surface area (Å²) < 4.78 is 1.70. The van der Waals surface area contributed by atoms with E-state index in [9.17, 15) is 4.79 Å². The summed E-state index contributed by atoms with van der Waals surface area (Å²) in [4.78, 5) is 16.5. The molecule has 3 aromatic rings. The third kappa shape index (κ3) is 4.84. The standard InChI is InChI=1S/C18H17ClN4OS/c1-13(17(24)20-11-14-7-9-15(19)10-8-14)25-18-21-12-23(22-18)16-5-3-2-4-6-16/h2-10,12-13H,11H2,1H3,(H,20,24). The molecule has 1 unspecified atom stereocenters. The summed E-state index contributed by atoms with van der Waals surface area (Å²) >= 11 is 7.18. The molecule has 0 saturated heterocycles. The molecule has 1 amide bonds. The molecule has 1 aromatic heterocycles. The highest BCUT2D eigenvalue weighted by atomic mass is 35.5. The molecule has 0 fully saturated rings. The number of para-hydroxylation sites is 1. The van der Waals surface area contributed by atoms with Crippen LogP contribution in [0.5, 0.6) is 0 Å². The number of nitrogens with one attached hydrogen (secondary N) is 1. The summed E-state index contributed by atoms with van der Waals surface area (Å²) in [5.41, 5.74) is 1.93. The van der Waals surface area contributed by atoms with E-state index in [4.69, 9.17) is 11.6 Å². The number of aromatic nitrogens is 3. The maximum Gasteiger partial charge on any atom is 0.233 e. The number of carbonyl (C=O) groups excluding carboxylic acids is 1. The van der Waals surface area contributed by atoms with Gasteiger partial charge in [-0.1, -0.05) is 53.7 Å². The van der Waals surface area contributed by atoms with Gasteiger partial charge in [-0.25, -0.2) is 9.67 Å². The van der Waals surface area contributed by atoms with Crippen molar-refractivity contribution in [2.24, 2.45) is 0 Å². The second-order valence-corrected chi connectivity index (χ2v) is 7.16. The van der Waals surface area contributed by atoms with Gasteiger partial charge in [-0.15, -0.1) is 5.10 Å². The van der Waals surface area contributed by atoms with Crippen LogP contribution < -0.4 is 5.32 Å². The number of carbonyl (C=O) groups is 1. The fraction of sp³-hybridized carbons (Fsp3) is 0.167. The molecule has 0 aliphatic heterocycles. The zero-order chi connectivity index (χ0) is 17.6. The van der Waals surface area contributed by atoms with E-state index in [-0.39, 0.29) is 11.2 Å². The molecular formula is C18H17ClN4OS. The lowest BCUT2D eigenvalue weighted by Crippen LogP contribution is -2.30. The molecule has 1 N–H and O–H groups in total. The number of thioether (sulfide) groups is 1. The molecule has 0 bridgehead atoms. The minimum Gasteiger partial charge on any atom is -0.351 e. The average Bonchev–Trinajstić information content (AvgIpc) is 3.10. The molecule has 1 heterocycles. The second-order valence-electron chi connectivity index (χ2n) is 5.41. The van der Waals surface area contributed by atoms with Crippen LogP contribution in [0.25, 0.3) is 5.69 Å². The molecule has 0 aliphatic rings. The van der Waals surface area contributed by atoms with Crippen molar-refractivity contribution in [2.75, 3.05) is 0 Å². The van der Waals surface area contributed by atoms with Crippen LogP contribution in [0.15, 0.2) is 66.1 Å². The van der Waals surface area contributed by atoms with Crippen molar-refractivity contribution in [1.82, 2.24) is 20.1 Å². The van der Waals surface area contributed by atoms with Crippen LogP contribution >= 0.6 is 23.4 Å². The van der Waals surface area contributed by atoms with Gasteiger partial charge < -0.3 is 5.32 Å². The van der Waals surface area contributed by atoms with Gasteiger partial charge in [0.1, 0.15) is 6.33 Å². The Balaban J connectivity index is 1.54. The largest absolute Gasteiger partial charge is 0.351 e. The molecule has 25 heavy (non-hydrogen) atoms. The Morgan fingerprint density at radius 1 is 1.20 bits per heavy atom. The Kier molecular flexibility index (Phi) is 5.73. The minimum atomic E-state index is -0.293. The molecule has 3 rings (SSSR count). The second kappa shape index (κ2) is 8.18. The van der Waals surface area contributed by atoms with E-state index in [0.717, 1.165) is 11.3 Å². The predicted octanol–water partition coefficient (Wildman–Crippen LogP) is 3.72. The Labute approximate surface area is 155 Å². The van der Waals surface area contributed by atoms with E-state index in [1.807, 2.05) is 49.4 Å². The fourth-order valence-electron chi connectivity index (χ4n) is 2.15. The van der Waals surface area contributed by atoms with Crippen LogP contribution in [0.3, 0.4) is 0 Å². The van der Waals surface area contributed by atoms with Crippen LogP contribution in [0.1, 0.15) is 12.5 Å². The van der Waals surface area contributed by atoms with Gasteiger partial charge in [-0.05, 0) is 36.8 Å². The lowest BCUT2D eigenvalue weighted by molar-refractivity contribution is -0.120. The van der Waals surface area contributed by atoms with Crippen LogP contribution in [0, 0.1) is 0 Å². The molecule has 0 spiro atoms. The van der Waals surface area contributed by atoms with Gasteiger partial charge >= 0.3 is 0 Å². The van der Waals surface area contributed by atoms with Crippen molar-refractivity contribution >= 4 is 29.3 Å². The SMILES string of the molecule is CC(Sc1ncn(-c2ccccc2)n1)C(=O)NCc1ccc(Cl)cc1. The Morgan fingerprint density at radius 3 is 2.64 bits per heavy atom. The van der Waals surface area contributed by atoms with Crippen molar-refractivity contribution in [3.63, 3.8) is 0 Å². The quantitative estimate of drug-likeness (QED) is 0.670. The van der Waals surface area contributed by atoms with Crippen LogP contribution in [0.4, 0.5) is 0 Å². The van der Waals surface area contributed by atoms with E-state index in [2.05, 4.69) is 15.4 Å². The maximum absolute atomic E-state index is 12.2. The summed E-state index contributed by atoms with van der Waals surface area (Å²) in [5, 5.41) is 8.27. The maximum atomic E-state index is 12.2. The first-order valence-corrected chi connectivity index (χ1v) is 9.03. The Hall–Kier alpha value is -2.31. The smallest absolute Gasteiger partial charge is 0.233 e. The van der Waals surface area contributed by atoms with E-state index >= 15 is 0 Å². The number of nitrogens with zero attached hydrogens (tertiary/aromatic N) is 3. The van der Waals surface area contributed by atoms with Crippen LogP contribution in [0.2, 0.25) is 5.02 Å². The van der Waals surface area contributed by atoms with Gasteiger partial charge in [0.15, 0.2) is 0 Å². The summed E-state index contributed by atoms with van der Waals surface area (Å²) in [6.45, 7) is 2.30. The van der Waals surface area contributed by atoms with Gasteiger partial charge in [0.25, 0.3) is 0 Å². The first kappa shape index (κ1) is 17.5. The van der Waals surface area contributed by atoms with E-state index in [0.29, 0.717) is 16.7 Å². The number of hydrogen-bond donors (Lipinski definition) is 1. The monoisotopic (exact) mass is 372 g/mol. The molecule has 0 aliphatic carbocycles. The molecule has 1 atom stereocenters.